The molecule has 1 aliphatic rings. The summed E-state index contributed by atoms with van der Waals surface area (Å²) >= 11 is 5.22. The zero-order chi connectivity index (χ0) is 18.3. The van der Waals surface area contributed by atoms with Gasteiger partial charge in [-0.1, -0.05) is 6.07 Å². The Kier molecular flexibility index (Phi) is 4.30. The standard InChI is InChI=1S/C19H18N2O3S/c1-10-5-11(2)7-15(6-10)21-18(23)16(17(22)20-19(21)25)9-14-8-12(3)24-13(14)4/h5-9H,1-4H3,(H,20,22,25)/b16-9+. The van der Waals surface area contributed by atoms with Crippen molar-refractivity contribution in [1.29, 1.82) is 0 Å². The Hall–Kier alpha value is -2.73. The van der Waals surface area contributed by atoms with Gasteiger partial charge in [0.1, 0.15) is 17.1 Å². The Morgan fingerprint density at radius 1 is 1.04 bits per heavy atom. The lowest BCUT2D eigenvalue weighted by Crippen LogP contribution is -2.54. The molecule has 0 aliphatic carbocycles. The van der Waals surface area contributed by atoms with Gasteiger partial charge in [0, 0.05) is 5.56 Å². The second-order valence-corrected chi connectivity index (χ2v) is 6.56. The molecule has 0 unspecified atom stereocenters. The van der Waals surface area contributed by atoms with Crippen LogP contribution in [0.3, 0.4) is 0 Å². The van der Waals surface area contributed by atoms with E-state index in [-0.39, 0.29) is 10.7 Å². The highest BCUT2D eigenvalue weighted by molar-refractivity contribution is 7.80. The van der Waals surface area contributed by atoms with Crippen molar-refractivity contribution in [2.24, 2.45) is 0 Å². The molecule has 2 heterocycles. The third kappa shape index (κ3) is 3.25. The maximum absolute atomic E-state index is 13.0. The molecule has 6 heteroatoms. The Morgan fingerprint density at radius 3 is 2.24 bits per heavy atom. The summed E-state index contributed by atoms with van der Waals surface area (Å²) in [5.41, 5.74) is 3.38. The van der Waals surface area contributed by atoms with Gasteiger partial charge < -0.3 is 4.42 Å². The quantitative estimate of drug-likeness (QED) is 0.510. The number of benzene rings is 1. The van der Waals surface area contributed by atoms with E-state index in [2.05, 4.69) is 5.32 Å². The molecule has 1 saturated heterocycles. The lowest BCUT2D eigenvalue weighted by Gasteiger charge is -2.29. The Morgan fingerprint density at radius 2 is 1.68 bits per heavy atom. The number of nitrogens with one attached hydrogen (secondary N) is 1. The smallest absolute Gasteiger partial charge is 0.270 e. The molecule has 0 spiro atoms. The van der Waals surface area contributed by atoms with Crippen molar-refractivity contribution in [3.8, 4) is 0 Å². The molecule has 25 heavy (non-hydrogen) atoms. The molecule has 2 aromatic rings. The number of amides is 2. The fourth-order valence-corrected chi connectivity index (χ4v) is 3.20. The Bertz CT molecular complexity index is 920. The number of furan rings is 1. The normalized spacial score (nSPS) is 16.6. The van der Waals surface area contributed by atoms with Crippen LogP contribution in [0.1, 0.15) is 28.2 Å². The fourth-order valence-electron chi connectivity index (χ4n) is 2.92. The molecule has 0 radical (unpaired) electrons. The molecule has 1 fully saturated rings. The molecule has 1 N–H and O–H groups in total. The van der Waals surface area contributed by atoms with E-state index in [1.54, 1.807) is 19.1 Å². The van der Waals surface area contributed by atoms with Crippen LogP contribution in [0.25, 0.3) is 6.08 Å². The third-order valence-corrected chi connectivity index (χ3v) is 4.23. The third-order valence-electron chi connectivity index (χ3n) is 3.95. The van der Waals surface area contributed by atoms with Crippen LogP contribution in [0.15, 0.2) is 34.3 Å². The zero-order valence-corrected chi connectivity index (χ0v) is 15.3. The molecule has 0 bridgehead atoms. The van der Waals surface area contributed by atoms with Gasteiger partial charge in [-0.15, -0.1) is 0 Å². The van der Waals surface area contributed by atoms with E-state index in [1.165, 1.54) is 4.90 Å². The number of hydrogen-bond acceptors (Lipinski definition) is 4. The first kappa shape index (κ1) is 17.1. The first-order valence-electron chi connectivity index (χ1n) is 7.83. The monoisotopic (exact) mass is 354 g/mol. The van der Waals surface area contributed by atoms with Crippen molar-refractivity contribution < 1.29 is 14.0 Å². The number of hydrogen-bond donors (Lipinski definition) is 1. The van der Waals surface area contributed by atoms with Gasteiger partial charge in [0.2, 0.25) is 0 Å². The molecule has 1 aromatic heterocycles. The number of nitrogens with zero attached hydrogens (tertiary/aromatic N) is 1. The molecular weight excluding hydrogens is 336 g/mol. The van der Waals surface area contributed by atoms with Gasteiger partial charge in [-0.05, 0) is 75.3 Å². The molecule has 5 nitrogen and oxygen atoms in total. The van der Waals surface area contributed by atoms with Gasteiger partial charge in [-0.25, -0.2) is 0 Å². The van der Waals surface area contributed by atoms with Crippen molar-refractivity contribution in [2.75, 3.05) is 4.90 Å². The predicted molar refractivity (Wildman–Crippen MR) is 100 cm³/mol. The highest BCUT2D eigenvalue weighted by atomic mass is 32.1. The van der Waals surface area contributed by atoms with Crippen LogP contribution >= 0.6 is 12.2 Å². The van der Waals surface area contributed by atoms with Crippen molar-refractivity contribution in [3.05, 3.63) is 58.0 Å². The van der Waals surface area contributed by atoms with Crippen molar-refractivity contribution in [1.82, 2.24) is 5.32 Å². The molecular formula is C19H18N2O3S. The predicted octanol–water partition coefficient (Wildman–Crippen LogP) is 3.34. The lowest BCUT2D eigenvalue weighted by molar-refractivity contribution is -0.122. The number of thiocarbonyl (C=S) groups is 1. The summed E-state index contributed by atoms with van der Waals surface area (Å²) < 4.78 is 5.46. The van der Waals surface area contributed by atoms with Crippen molar-refractivity contribution in [2.45, 2.75) is 27.7 Å². The molecule has 0 saturated carbocycles. The largest absolute Gasteiger partial charge is 0.466 e. The zero-order valence-electron chi connectivity index (χ0n) is 14.5. The molecule has 1 aliphatic heterocycles. The minimum Gasteiger partial charge on any atom is -0.466 e. The average molecular weight is 354 g/mol. The van der Waals surface area contributed by atoms with E-state index in [0.29, 0.717) is 17.0 Å². The number of carbonyl (C=O) groups is 2. The van der Waals surface area contributed by atoms with E-state index < -0.39 is 11.8 Å². The average Bonchev–Trinajstić information content (AvgIpc) is 2.80. The van der Waals surface area contributed by atoms with Crippen LogP contribution < -0.4 is 10.2 Å². The van der Waals surface area contributed by atoms with E-state index in [4.69, 9.17) is 16.6 Å². The van der Waals surface area contributed by atoms with E-state index in [9.17, 15) is 9.59 Å². The second-order valence-electron chi connectivity index (χ2n) is 6.17. The number of carbonyl (C=O) groups excluding carboxylic acids is 2. The van der Waals surface area contributed by atoms with Gasteiger partial charge in [0.05, 0.1) is 5.69 Å². The molecule has 0 atom stereocenters. The van der Waals surface area contributed by atoms with Gasteiger partial charge >= 0.3 is 0 Å². The van der Waals surface area contributed by atoms with Gasteiger partial charge in [-0.2, -0.15) is 0 Å². The van der Waals surface area contributed by atoms with E-state index in [1.807, 2.05) is 39.0 Å². The summed E-state index contributed by atoms with van der Waals surface area (Å²) in [5.74, 6) is 0.414. The van der Waals surface area contributed by atoms with Crippen molar-refractivity contribution in [3.63, 3.8) is 0 Å². The van der Waals surface area contributed by atoms with Gasteiger partial charge in [0.25, 0.3) is 11.8 Å². The van der Waals surface area contributed by atoms with Crippen LogP contribution in [0.4, 0.5) is 5.69 Å². The summed E-state index contributed by atoms with van der Waals surface area (Å²) in [6, 6.07) is 7.52. The van der Waals surface area contributed by atoms with Crippen LogP contribution in [-0.4, -0.2) is 16.9 Å². The molecule has 128 valence electrons. The maximum Gasteiger partial charge on any atom is 0.270 e. The summed E-state index contributed by atoms with van der Waals surface area (Å²) in [6.45, 7) is 7.49. The molecule has 2 amide bonds. The minimum absolute atomic E-state index is 0.0247. The van der Waals surface area contributed by atoms with Crippen LogP contribution in [0, 0.1) is 27.7 Å². The summed E-state index contributed by atoms with van der Waals surface area (Å²) in [5, 5.41) is 2.67. The van der Waals surface area contributed by atoms with E-state index >= 15 is 0 Å². The van der Waals surface area contributed by atoms with Crippen LogP contribution in [-0.2, 0) is 9.59 Å². The fraction of sp³-hybridized carbons (Fsp3) is 0.211. The van der Waals surface area contributed by atoms with Crippen molar-refractivity contribution >= 4 is 40.9 Å². The number of aryl methyl sites for hydroxylation is 4. The topological polar surface area (TPSA) is 62.6 Å². The Labute approximate surface area is 151 Å². The highest BCUT2D eigenvalue weighted by Gasteiger charge is 2.34. The maximum atomic E-state index is 13.0. The first-order valence-corrected chi connectivity index (χ1v) is 8.24. The summed E-state index contributed by atoms with van der Waals surface area (Å²) in [7, 11) is 0. The Balaban J connectivity index is 2.07. The number of anilines is 1. The molecule has 3 rings (SSSR count). The summed E-state index contributed by atoms with van der Waals surface area (Å²) in [4.78, 5) is 26.6. The second kappa shape index (κ2) is 6.29. The van der Waals surface area contributed by atoms with Gasteiger partial charge in [-0.3, -0.25) is 19.8 Å². The minimum atomic E-state index is -0.506. The lowest BCUT2D eigenvalue weighted by atomic mass is 10.1. The molecule has 1 aromatic carbocycles. The SMILES string of the molecule is Cc1cc(C)cc(N2C(=O)/C(=C/c3cc(C)oc3C)C(=O)NC2=S)c1. The van der Waals surface area contributed by atoms with Gasteiger partial charge in [0.15, 0.2) is 5.11 Å². The first-order chi connectivity index (χ1) is 11.8. The number of rotatable bonds is 2. The van der Waals surface area contributed by atoms with Crippen LogP contribution in [0.5, 0.6) is 0 Å². The van der Waals surface area contributed by atoms with E-state index in [0.717, 1.165) is 16.9 Å². The van der Waals surface area contributed by atoms with Crippen LogP contribution in [0.2, 0.25) is 0 Å². The summed E-state index contributed by atoms with van der Waals surface area (Å²) in [6.07, 6.45) is 1.54. The highest BCUT2D eigenvalue weighted by Crippen LogP contribution is 2.25.